The van der Waals surface area contributed by atoms with Crippen LogP contribution in [0.3, 0.4) is 0 Å². The van der Waals surface area contributed by atoms with Gasteiger partial charge in [-0.1, -0.05) is 182 Å². The lowest BCUT2D eigenvalue weighted by Gasteiger charge is -2.34. The highest BCUT2D eigenvalue weighted by Crippen LogP contribution is 2.59. The number of aryl methyl sites for hydroxylation is 1. The largest absolute Gasteiger partial charge is 0.456 e. The molecule has 302 valence electrons. The second kappa shape index (κ2) is 14.5. The van der Waals surface area contributed by atoms with Crippen LogP contribution in [0.1, 0.15) is 40.0 Å². The van der Waals surface area contributed by atoms with Gasteiger partial charge in [-0.25, -0.2) is 0 Å². The van der Waals surface area contributed by atoms with Gasteiger partial charge >= 0.3 is 0 Å². The van der Waals surface area contributed by atoms with E-state index in [1.165, 1.54) is 44.3 Å². The monoisotopic (exact) mass is 819 g/mol. The van der Waals surface area contributed by atoms with Crippen molar-refractivity contribution in [1.29, 1.82) is 0 Å². The molecule has 64 heavy (non-hydrogen) atoms. The summed E-state index contributed by atoms with van der Waals surface area (Å²) in [4.78, 5) is 2.44. The van der Waals surface area contributed by atoms with Crippen LogP contribution in [-0.2, 0) is 11.8 Å². The molecule has 11 aromatic rings. The van der Waals surface area contributed by atoms with Crippen molar-refractivity contribution >= 4 is 56.0 Å². The van der Waals surface area contributed by atoms with Crippen molar-refractivity contribution in [2.45, 2.75) is 18.3 Å². The van der Waals surface area contributed by atoms with Gasteiger partial charge in [0, 0.05) is 49.8 Å². The molecular weight excluding hydrogens is 779 g/mol. The molecule has 0 saturated carbocycles. The summed E-state index contributed by atoms with van der Waals surface area (Å²) in [5.41, 5.74) is 18.7. The van der Waals surface area contributed by atoms with Gasteiger partial charge in [0.15, 0.2) is 0 Å². The highest BCUT2D eigenvalue weighted by molar-refractivity contribution is 6.09. The zero-order valence-corrected chi connectivity index (χ0v) is 35.0. The van der Waals surface area contributed by atoms with Gasteiger partial charge in [-0.3, -0.25) is 0 Å². The summed E-state index contributed by atoms with van der Waals surface area (Å²) in [5.74, 6) is 0.983. The number of rotatable bonds is 7. The molecule has 0 atom stereocenters. The summed E-state index contributed by atoms with van der Waals surface area (Å²) in [6.07, 6.45) is 6.38. The van der Waals surface area contributed by atoms with E-state index >= 15 is 0 Å². The van der Waals surface area contributed by atoms with Crippen LogP contribution in [0, 0.1) is 0 Å². The molecule has 0 saturated heterocycles. The number of para-hydroxylation sites is 3. The molecule has 0 fully saturated rings. The average Bonchev–Trinajstić information content (AvgIpc) is 4.04. The molecule has 2 heterocycles. The fourth-order valence-electron chi connectivity index (χ4n) is 10.9. The minimum atomic E-state index is -0.523. The van der Waals surface area contributed by atoms with E-state index in [1.54, 1.807) is 0 Å². The van der Waals surface area contributed by atoms with Crippen LogP contribution in [-0.4, -0.2) is 0 Å². The Bertz CT molecular complexity index is 3550. The van der Waals surface area contributed by atoms with Gasteiger partial charge in [-0.05, 0) is 94.3 Å². The summed E-state index contributed by atoms with van der Waals surface area (Å²) in [5, 5.41) is 3.46. The molecule has 0 spiro atoms. The minimum Gasteiger partial charge on any atom is -0.456 e. The number of nitrogens with zero attached hydrogens (tertiary/aromatic N) is 1. The second-order valence-electron chi connectivity index (χ2n) is 17.0. The van der Waals surface area contributed by atoms with Crippen LogP contribution in [0.25, 0.3) is 72.4 Å². The zero-order valence-electron chi connectivity index (χ0n) is 35.0. The van der Waals surface area contributed by atoms with Crippen molar-refractivity contribution in [2.24, 2.45) is 0 Å². The van der Waals surface area contributed by atoms with Crippen LogP contribution in [0.4, 0.5) is 17.1 Å². The zero-order chi connectivity index (χ0) is 42.2. The molecule has 0 N–H and O–H groups in total. The van der Waals surface area contributed by atoms with Crippen molar-refractivity contribution in [3.05, 3.63) is 252 Å². The molecule has 0 bridgehead atoms. The Morgan fingerprint density at radius 2 is 0.969 bits per heavy atom. The second-order valence-corrected chi connectivity index (χ2v) is 17.0. The normalized spacial score (nSPS) is 13.6. The number of allylic oxidation sites excluding steroid dienone is 1. The molecule has 9 aromatic carbocycles. The molecule has 13 rings (SSSR count). The van der Waals surface area contributed by atoms with E-state index < -0.39 is 5.41 Å². The summed E-state index contributed by atoms with van der Waals surface area (Å²) in [6.45, 7) is 0. The predicted molar refractivity (Wildman–Crippen MR) is 264 cm³/mol. The van der Waals surface area contributed by atoms with Crippen molar-refractivity contribution < 1.29 is 8.83 Å². The van der Waals surface area contributed by atoms with E-state index in [2.05, 4.69) is 217 Å². The first-order chi connectivity index (χ1) is 31.8. The number of hydrogen-bond acceptors (Lipinski definition) is 3. The van der Waals surface area contributed by atoms with E-state index in [-0.39, 0.29) is 0 Å². The maximum atomic E-state index is 6.56. The topological polar surface area (TPSA) is 29.5 Å². The van der Waals surface area contributed by atoms with Crippen molar-refractivity contribution in [3.8, 4) is 33.4 Å². The molecule has 2 aliphatic rings. The molecular formula is C61H41NO2. The number of fused-ring (bicyclic) bond motifs is 9. The third kappa shape index (κ3) is 5.41. The first kappa shape index (κ1) is 36.5. The fourth-order valence-corrected chi connectivity index (χ4v) is 10.9. The first-order valence-electron chi connectivity index (χ1n) is 22.2. The third-order valence-electron chi connectivity index (χ3n) is 13.7. The minimum absolute atomic E-state index is 0.523. The number of furan rings is 2. The first-order valence-corrected chi connectivity index (χ1v) is 22.2. The van der Waals surface area contributed by atoms with Crippen LogP contribution in [0.15, 0.2) is 227 Å². The Hall–Kier alpha value is -8.14. The van der Waals surface area contributed by atoms with E-state index in [4.69, 9.17) is 8.83 Å². The Kier molecular flexibility index (Phi) is 8.26. The van der Waals surface area contributed by atoms with Crippen molar-refractivity contribution in [3.63, 3.8) is 0 Å². The predicted octanol–water partition coefficient (Wildman–Crippen LogP) is 16.5. The standard InChI is InChI=1S/C61H41NO2/c1-3-16-42(17-4-1)61(43-18-5-2-6-19-43)53-27-10-7-22-52(53)58-54(61)28-15-29-55(58)62(44-36-32-40(33-37-44)46-23-13-25-50-48-20-8-11-30-56(48)63-59(46)50)45-38-34-41(35-39-45)47-24-14-26-51-49-21-9-12-31-57(49)64-60(47)51/h1-8,10-20,22-39H,9,21H2. The SMILES string of the molecule is C1=Cc2oc3c(-c4ccc(N(c5ccc(-c6cccc7c6oc6ccccc67)cc5)c5cccc6c5-c5ccccc5C6(c5ccccc5)c5ccccc5)cc4)cccc3c2CC1. The van der Waals surface area contributed by atoms with Gasteiger partial charge in [0.25, 0.3) is 0 Å². The van der Waals surface area contributed by atoms with E-state index in [0.29, 0.717) is 0 Å². The Morgan fingerprint density at radius 3 is 1.67 bits per heavy atom. The summed E-state index contributed by atoms with van der Waals surface area (Å²) >= 11 is 0. The highest BCUT2D eigenvalue weighted by Gasteiger charge is 2.47. The van der Waals surface area contributed by atoms with Gasteiger partial charge in [0.05, 0.1) is 11.1 Å². The molecule has 0 amide bonds. The van der Waals surface area contributed by atoms with Gasteiger partial charge in [-0.2, -0.15) is 0 Å². The van der Waals surface area contributed by atoms with Crippen LogP contribution in [0.5, 0.6) is 0 Å². The van der Waals surface area contributed by atoms with Gasteiger partial charge in [-0.15, -0.1) is 0 Å². The summed E-state index contributed by atoms with van der Waals surface area (Å²) in [7, 11) is 0. The molecule has 0 radical (unpaired) electrons. The van der Waals surface area contributed by atoms with Gasteiger partial charge in [0.2, 0.25) is 0 Å². The summed E-state index contributed by atoms with van der Waals surface area (Å²) in [6, 6.07) is 77.2. The van der Waals surface area contributed by atoms with Crippen LogP contribution < -0.4 is 4.90 Å². The molecule has 2 aliphatic carbocycles. The molecule has 0 unspecified atom stereocenters. The average molecular weight is 820 g/mol. The lowest BCUT2D eigenvalue weighted by Crippen LogP contribution is -2.28. The smallest absolute Gasteiger partial charge is 0.143 e. The van der Waals surface area contributed by atoms with E-state index in [1.807, 2.05) is 12.1 Å². The lowest BCUT2D eigenvalue weighted by atomic mass is 9.68. The van der Waals surface area contributed by atoms with Gasteiger partial charge in [0.1, 0.15) is 22.5 Å². The fraction of sp³-hybridized carbons (Fsp3) is 0.0492. The third-order valence-corrected chi connectivity index (χ3v) is 13.7. The Morgan fingerprint density at radius 1 is 0.422 bits per heavy atom. The lowest BCUT2D eigenvalue weighted by molar-refractivity contribution is 0.596. The van der Waals surface area contributed by atoms with Gasteiger partial charge < -0.3 is 13.7 Å². The molecule has 3 heteroatoms. The molecule has 2 aromatic heterocycles. The quantitative estimate of drug-likeness (QED) is 0.160. The van der Waals surface area contributed by atoms with Crippen LogP contribution >= 0.6 is 0 Å². The molecule has 3 nitrogen and oxygen atoms in total. The number of anilines is 3. The van der Waals surface area contributed by atoms with Crippen molar-refractivity contribution in [2.75, 3.05) is 4.90 Å². The van der Waals surface area contributed by atoms with Crippen LogP contribution in [0.2, 0.25) is 0 Å². The van der Waals surface area contributed by atoms with E-state index in [9.17, 15) is 0 Å². The maximum Gasteiger partial charge on any atom is 0.143 e. The Labute approximate surface area is 371 Å². The molecule has 0 aliphatic heterocycles. The summed E-state index contributed by atoms with van der Waals surface area (Å²) < 4.78 is 13.1. The number of hydrogen-bond donors (Lipinski definition) is 0. The van der Waals surface area contributed by atoms with E-state index in [0.717, 1.165) is 85.4 Å². The highest BCUT2D eigenvalue weighted by atomic mass is 16.3. The van der Waals surface area contributed by atoms with Crippen molar-refractivity contribution in [1.82, 2.24) is 0 Å². The Balaban J connectivity index is 1.01. The number of benzene rings is 9. The maximum absolute atomic E-state index is 6.56.